The van der Waals surface area contributed by atoms with Crippen LogP contribution in [0.15, 0.2) is 0 Å². The molecule has 6 heavy (non-hydrogen) atoms. The van der Waals surface area contributed by atoms with Crippen LogP contribution in [0.1, 0.15) is 0 Å². The minimum atomic E-state index is -1.61. The van der Waals surface area contributed by atoms with E-state index in [9.17, 15) is 4.21 Å². The van der Waals surface area contributed by atoms with E-state index in [1.165, 1.54) is 0 Å². The minimum Gasteiger partial charge on any atom is -0.253 e. The fourth-order valence-electron chi connectivity index (χ4n) is 0.0227. The molecule has 0 bridgehead atoms. The van der Waals surface area contributed by atoms with Crippen LogP contribution in [0.2, 0.25) is 0 Å². The van der Waals surface area contributed by atoms with Crippen molar-refractivity contribution in [3.05, 3.63) is 0 Å². The zero-order valence-electron chi connectivity index (χ0n) is 2.79. The molecule has 0 aliphatic rings. The second kappa shape index (κ2) is 4.10. The smallest absolute Gasteiger partial charge is 0.253 e. The minimum absolute atomic E-state index is 1.61. The second-order valence-electron chi connectivity index (χ2n) is 0.397. The van der Waals surface area contributed by atoms with Crippen LogP contribution in [0, 0.1) is 0 Å². The van der Waals surface area contributed by atoms with E-state index < -0.39 is 11.4 Å². The predicted octanol–water partition coefficient (Wildman–Crippen LogP) is 0.178. The highest BCUT2D eigenvalue weighted by molar-refractivity contribution is 7.80. The van der Waals surface area contributed by atoms with E-state index in [-0.39, 0.29) is 0 Å². The van der Waals surface area contributed by atoms with Crippen molar-refractivity contribution in [2.75, 3.05) is 0 Å². The Bertz CT molecular complexity index is 46.8. The normalized spacial score (nSPS) is 9.83. The van der Waals surface area contributed by atoms with Crippen molar-refractivity contribution >= 4 is 30.3 Å². The summed E-state index contributed by atoms with van der Waals surface area (Å²) >= 11 is -1.61. The van der Waals surface area contributed by atoms with Gasteiger partial charge in [-0.15, -0.1) is 0 Å². The van der Waals surface area contributed by atoms with Crippen LogP contribution >= 0.6 is 18.9 Å². The third-order valence-electron chi connectivity index (χ3n) is 0.157. The summed E-state index contributed by atoms with van der Waals surface area (Å²) in [6.45, 7) is 0. The zero-order valence-corrected chi connectivity index (χ0v) is 5.91. The maximum Gasteiger partial charge on any atom is 0.310 e. The van der Waals surface area contributed by atoms with E-state index in [1.54, 1.807) is 18.9 Å². The molecule has 0 spiro atoms. The van der Waals surface area contributed by atoms with Gasteiger partial charge in [0.05, 0.1) is 0 Å². The summed E-state index contributed by atoms with van der Waals surface area (Å²) in [5.74, 6) is 0. The summed E-state index contributed by atoms with van der Waals surface area (Å²) in [7, 11) is 3.60. The van der Waals surface area contributed by atoms with Crippen LogP contribution in [0.3, 0.4) is 0 Å². The van der Waals surface area contributed by atoms with E-state index >= 15 is 0 Å². The van der Waals surface area contributed by atoms with Crippen LogP contribution in [-0.4, -0.2) is 4.21 Å². The summed E-state index contributed by atoms with van der Waals surface area (Å²) in [5, 5.41) is 0. The van der Waals surface area contributed by atoms with Crippen molar-refractivity contribution in [3.63, 3.8) is 0 Å². The van der Waals surface area contributed by atoms with Crippen molar-refractivity contribution in [2.24, 2.45) is 0 Å². The first-order valence-electron chi connectivity index (χ1n) is 0.971. The van der Waals surface area contributed by atoms with Gasteiger partial charge in [0, 0.05) is 18.9 Å². The molecule has 0 fully saturated rings. The molecule has 0 aliphatic carbocycles. The molecule has 38 valence electrons. The number of hydrogen-bond acceptors (Lipinski definition) is 3. The Morgan fingerprint density at radius 2 is 1.67 bits per heavy atom. The van der Waals surface area contributed by atoms with Crippen molar-refractivity contribution in [1.82, 2.24) is 0 Å². The molecular formula is H4O3P2S. The average Bonchev–Trinajstić information content (AvgIpc) is 1.65. The highest BCUT2D eigenvalue weighted by Crippen LogP contribution is 1.97. The lowest BCUT2D eigenvalue weighted by atomic mass is 15.8. The Morgan fingerprint density at radius 1 is 1.33 bits per heavy atom. The summed E-state index contributed by atoms with van der Waals surface area (Å²) in [4.78, 5) is 0. The zero-order chi connectivity index (χ0) is 4.99. The molecule has 2 unspecified atom stereocenters. The van der Waals surface area contributed by atoms with Gasteiger partial charge in [-0.25, -0.2) is 0 Å². The molecule has 0 saturated heterocycles. The summed E-state index contributed by atoms with van der Waals surface area (Å²) in [6.07, 6.45) is 0. The second-order valence-corrected chi connectivity index (χ2v) is 2.34. The third kappa shape index (κ3) is 3.13. The highest BCUT2D eigenvalue weighted by Gasteiger charge is 1.85. The SMILES string of the molecule is O=S(OP)OP. The van der Waals surface area contributed by atoms with E-state index in [0.717, 1.165) is 0 Å². The van der Waals surface area contributed by atoms with Gasteiger partial charge in [-0.05, 0) is 0 Å². The van der Waals surface area contributed by atoms with Gasteiger partial charge in [0.1, 0.15) is 0 Å². The summed E-state index contributed by atoms with van der Waals surface area (Å²) < 4.78 is 17.9. The Kier molecular flexibility index (Phi) is 4.73. The monoisotopic (exact) mass is 146 g/mol. The van der Waals surface area contributed by atoms with E-state index in [2.05, 4.69) is 7.94 Å². The molecule has 3 nitrogen and oxygen atoms in total. The molecule has 0 radical (unpaired) electrons. The average molecular weight is 146 g/mol. The van der Waals surface area contributed by atoms with Gasteiger partial charge >= 0.3 is 11.4 Å². The highest BCUT2D eigenvalue weighted by atomic mass is 32.2. The molecule has 6 heteroatoms. The molecule has 0 saturated carbocycles. The van der Waals surface area contributed by atoms with Gasteiger partial charge in [0.25, 0.3) is 0 Å². The Hall–Kier alpha value is 0.930. The van der Waals surface area contributed by atoms with E-state index in [4.69, 9.17) is 0 Å². The van der Waals surface area contributed by atoms with Gasteiger partial charge < -0.3 is 0 Å². The standard InChI is InChI=1S/H4O3P2S/c1-6(2-4)3-5/h4-5H2. The van der Waals surface area contributed by atoms with Crippen LogP contribution < -0.4 is 0 Å². The lowest BCUT2D eigenvalue weighted by Gasteiger charge is -1.86. The molecule has 0 aromatic rings. The molecule has 0 aromatic heterocycles. The first-order chi connectivity index (χ1) is 2.81. The van der Waals surface area contributed by atoms with Crippen LogP contribution in [0.25, 0.3) is 0 Å². The Morgan fingerprint density at radius 3 is 1.67 bits per heavy atom. The lowest BCUT2D eigenvalue weighted by Crippen LogP contribution is -1.81. The fraction of sp³-hybridized carbons (Fsp3) is 0. The molecule has 0 rings (SSSR count). The molecule has 2 atom stereocenters. The van der Waals surface area contributed by atoms with Crippen molar-refractivity contribution in [1.29, 1.82) is 0 Å². The van der Waals surface area contributed by atoms with Gasteiger partial charge in [-0.2, -0.15) is 4.21 Å². The van der Waals surface area contributed by atoms with Gasteiger partial charge in [-0.3, -0.25) is 7.94 Å². The molecule has 0 heterocycles. The molecule has 0 aliphatic heterocycles. The topological polar surface area (TPSA) is 35.5 Å². The lowest BCUT2D eigenvalue weighted by molar-refractivity contribution is 0.522. The Labute approximate surface area is 43.2 Å². The predicted molar refractivity (Wildman–Crippen MR) is 29.7 cm³/mol. The first kappa shape index (κ1) is 6.93. The van der Waals surface area contributed by atoms with Crippen LogP contribution in [0.4, 0.5) is 0 Å². The molecular weight excluding hydrogens is 142 g/mol. The van der Waals surface area contributed by atoms with Crippen molar-refractivity contribution in [2.45, 2.75) is 0 Å². The van der Waals surface area contributed by atoms with E-state index in [1.807, 2.05) is 0 Å². The third-order valence-corrected chi connectivity index (χ3v) is 1.41. The van der Waals surface area contributed by atoms with Gasteiger partial charge in [0.15, 0.2) is 0 Å². The van der Waals surface area contributed by atoms with Crippen molar-refractivity contribution in [3.8, 4) is 0 Å². The molecule has 0 aromatic carbocycles. The molecule has 0 amide bonds. The molecule has 0 N–H and O–H groups in total. The number of rotatable bonds is 2. The summed E-state index contributed by atoms with van der Waals surface area (Å²) in [5.41, 5.74) is 0. The fourth-order valence-corrected chi connectivity index (χ4v) is 0.612. The van der Waals surface area contributed by atoms with Crippen molar-refractivity contribution < 1.29 is 12.1 Å². The van der Waals surface area contributed by atoms with Crippen LogP contribution in [0.5, 0.6) is 0 Å². The Balaban J connectivity index is 2.99. The maximum absolute atomic E-state index is 9.81. The largest absolute Gasteiger partial charge is 0.310 e. The quantitative estimate of drug-likeness (QED) is 0.521. The van der Waals surface area contributed by atoms with Crippen LogP contribution in [-0.2, 0) is 19.3 Å². The maximum atomic E-state index is 9.81. The summed E-state index contributed by atoms with van der Waals surface area (Å²) in [6, 6.07) is 0. The van der Waals surface area contributed by atoms with E-state index in [0.29, 0.717) is 0 Å². The number of hydrogen-bond donors (Lipinski definition) is 0. The first-order valence-corrected chi connectivity index (χ1v) is 2.91. The van der Waals surface area contributed by atoms with Gasteiger partial charge in [-0.1, -0.05) is 0 Å². The van der Waals surface area contributed by atoms with Gasteiger partial charge in [0.2, 0.25) is 0 Å².